The summed E-state index contributed by atoms with van der Waals surface area (Å²) in [5.74, 6) is 0.498. The molecular formula is C18H13ClF2N6O2S. The van der Waals surface area contributed by atoms with Gasteiger partial charge in [0.15, 0.2) is 16.6 Å². The number of thiazole rings is 1. The third-order valence-corrected chi connectivity index (χ3v) is 5.24. The normalized spacial score (nSPS) is 11.2. The number of ether oxygens (including phenoxy) is 1. The van der Waals surface area contributed by atoms with Gasteiger partial charge in [0.05, 0.1) is 23.6 Å². The number of amides is 1. The quantitative estimate of drug-likeness (QED) is 0.482. The Labute approximate surface area is 177 Å². The molecular weight excluding hydrogens is 438 g/mol. The van der Waals surface area contributed by atoms with E-state index in [0.717, 1.165) is 0 Å². The highest BCUT2D eigenvalue weighted by Crippen LogP contribution is 2.25. The van der Waals surface area contributed by atoms with Gasteiger partial charge in [-0.1, -0.05) is 11.6 Å². The van der Waals surface area contributed by atoms with Gasteiger partial charge in [0.2, 0.25) is 6.43 Å². The lowest BCUT2D eigenvalue weighted by molar-refractivity contribution is 0.149. The van der Waals surface area contributed by atoms with Crippen LogP contribution in [0.3, 0.4) is 0 Å². The fourth-order valence-electron chi connectivity index (χ4n) is 2.80. The van der Waals surface area contributed by atoms with Gasteiger partial charge in [0, 0.05) is 29.6 Å². The molecule has 0 spiro atoms. The summed E-state index contributed by atoms with van der Waals surface area (Å²) in [6.45, 7) is 1.65. The molecule has 4 heterocycles. The lowest BCUT2D eigenvalue weighted by atomic mass is 10.1. The number of hydrogen-bond acceptors (Lipinski definition) is 7. The highest BCUT2D eigenvalue weighted by Gasteiger charge is 2.16. The molecule has 4 rings (SSSR count). The van der Waals surface area contributed by atoms with Gasteiger partial charge in [-0.3, -0.25) is 9.66 Å². The van der Waals surface area contributed by atoms with E-state index in [1.54, 1.807) is 18.4 Å². The number of rotatable bonds is 5. The number of halogens is 3. The first-order valence-electron chi connectivity index (χ1n) is 8.56. The van der Waals surface area contributed by atoms with Crippen LogP contribution in [0.1, 0.15) is 11.3 Å². The van der Waals surface area contributed by atoms with E-state index in [1.807, 2.05) is 0 Å². The average Bonchev–Trinajstić information content (AvgIpc) is 3.27. The topological polar surface area (TPSA) is 94.8 Å². The average molecular weight is 451 g/mol. The van der Waals surface area contributed by atoms with Crippen molar-refractivity contribution in [3.63, 3.8) is 0 Å². The van der Waals surface area contributed by atoms with Crippen molar-refractivity contribution in [3.8, 4) is 16.6 Å². The molecule has 0 radical (unpaired) electrons. The SMILES string of the molecule is Cc1nc(-c2nc(Cl)cs2)ncc1OC(=O)Nn1cc(CC(F)F)c2ccncc21. The van der Waals surface area contributed by atoms with Gasteiger partial charge in [-0.05, 0) is 18.6 Å². The van der Waals surface area contributed by atoms with Crippen molar-refractivity contribution < 1.29 is 18.3 Å². The zero-order chi connectivity index (χ0) is 21.3. The number of pyridine rings is 1. The molecule has 0 atom stereocenters. The number of fused-ring (bicyclic) bond motifs is 1. The van der Waals surface area contributed by atoms with Gasteiger partial charge in [0.25, 0.3) is 0 Å². The molecule has 0 aliphatic rings. The molecule has 0 aliphatic carbocycles. The lowest BCUT2D eigenvalue weighted by Crippen LogP contribution is -2.25. The van der Waals surface area contributed by atoms with Crippen LogP contribution < -0.4 is 10.2 Å². The van der Waals surface area contributed by atoms with E-state index in [-0.39, 0.29) is 5.75 Å². The summed E-state index contributed by atoms with van der Waals surface area (Å²) in [6, 6.07) is 1.61. The third kappa shape index (κ3) is 4.21. The number of hydrogen-bond donors (Lipinski definition) is 1. The van der Waals surface area contributed by atoms with Crippen LogP contribution in [0.2, 0.25) is 5.15 Å². The third-order valence-electron chi connectivity index (χ3n) is 4.08. The Kier molecular flexibility index (Phi) is 5.55. The molecule has 8 nitrogen and oxygen atoms in total. The summed E-state index contributed by atoms with van der Waals surface area (Å²) >= 11 is 7.11. The molecule has 0 aromatic carbocycles. The standard InChI is InChI=1S/C18H13ClF2N6O2S/c1-9-13(6-23-16(24-9)17-25-14(19)8-30-17)29-18(28)26-27-7-10(4-15(20)21)11-2-3-22-5-12(11)27/h2-3,5-8,15H,4H2,1H3,(H,26,28). The summed E-state index contributed by atoms with van der Waals surface area (Å²) in [7, 11) is 0. The molecule has 0 fully saturated rings. The molecule has 0 aliphatic heterocycles. The zero-order valence-electron chi connectivity index (χ0n) is 15.3. The maximum Gasteiger partial charge on any atom is 0.432 e. The molecule has 30 heavy (non-hydrogen) atoms. The summed E-state index contributed by atoms with van der Waals surface area (Å²) in [4.78, 5) is 28.9. The first-order chi connectivity index (χ1) is 14.4. The number of aryl methyl sites for hydroxylation is 1. The van der Waals surface area contributed by atoms with Crippen molar-refractivity contribution in [1.82, 2.24) is 24.6 Å². The van der Waals surface area contributed by atoms with Crippen LogP contribution in [-0.4, -0.2) is 37.1 Å². The molecule has 4 aromatic rings. The fraction of sp³-hybridized carbons (Fsp3) is 0.167. The molecule has 0 bridgehead atoms. The molecule has 0 unspecified atom stereocenters. The van der Waals surface area contributed by atoms with E-state index >= 15 is 0 Å². The minimum absolute atomic E-state index is 0.140. The van der Waals surface area contributed by atoms with E-state index < -0.39 is 18.9 Å². The van der Waals surface area contributed by atoms with E-state index in [4.69, 9.17) is 16.3 Å². The summed E-state index contributed by atoms with van der Waals surface area (Å²) in [5, 5.41) is 3.11. The van der Waals surface area contributed by atoms with Gasteiger partial charge < -0.3 is 4.74 Å². The van der Waals surface area contributed by atoms with Gasteiger partial charge in [-0.2, -0.15) is 0 Å². The van der Waals surface area contributed by atoms with Crippen molar-refractivity contribution in [2.24, 2.45) is 0 Å². The maximum atomic E-state index is 12.8. The first kappa shape index (κ1) is 20.1. The van der Waals surface area contributed by atoms with Crippen molar-refractivity contribution in [2.45, 2.75) is 19.8 Å². The van der Waals surface area contributed by atoms with Crippen LogP contribution in [0, 0.1) is 6.92 Å². The number of aromatic nitrogens is 5. The second-order valence-corrected chi connectivity index (χ2v) is 7.38. The molecule has 1 N–H and O–H groups in total. The van der Waals surface area contributed by atoms with Crippen molar-refractivity contribution in [2.75, 3.05) is 5.43 Å². The molecule has 0 saturated carbocycles. The predicted octanol–water partition coefficient (Wildman–Crippen LogP) is 4.46. The highest BCUT2D eigenvalue weighted by molar-refractivity contribution is 7.13. The molecule has 1 amide bonds. The Morgan fingerprint density at radius 3 is 2.90 bits per heavy atom. The minimum atomic E-state index is -2.52. The Morgan fingerprint density at radius 2 is 2.20 bits per heavy atom. The number of alkyl halides is 2. The minimum Gasteiger partial charge on any atom is -0.406 e. The summed E-state index contributed by atoms with van der Waals surface area (Å²) in [5.41, 5.74) is 3.76. The van der Waals surface area contributed by atoms with Crippen LogP contribution in [0.5, 0.6) is 5.75 Å². The van der Waals surface area contributed by atoms with Crippen molar-refractivity contribution in [3.05, 3.63) is 52.6 Å². The van der Waals surface area contributed by atoms with Crippen molar-refractivity contribution >= 4 is 39.9 Å². The number of nitrogens with one attached hydrogen (secondary N) is 1. The molecule has 154 valence electrons. The molecule has 4 aromatic heterocycles. The number of carbonyl (C=O) groups excluding carboxylic acids is 1. The van der Waals surface area contributed by atoms with Gasteiger partial charge >= 0.3 is 6.09 Å². The van der Waals surface area contributed by atoms with E-state index in [9.17, 15) is 13.6 Å². The number of nitrogens with zero attached hydrogens (tertiary/aromatic N) is 5. The van der Waals surface area contributed by atoms with E-state index in [2.05, 4.69) is 25.4 Å². The van der Waals surface area contributed by atoms with Crippen LogP contribution in [-0.2, 0) is 6.42 Å². The van der Waals surface area contributed by atoms with Gasteiger partial charge in [0.1, 0.15) is 5.15 Å². The second-order valence-electron chi connectivity index (χ2n) is 6.13. The largest absolute Gasteiger partial charge is 0.432 e. The highest BCUT2D eigenvalue weighted by atomic mass is 35.5. The number of carbonyl (C=O) groups is 1. The lowest BCUT2D eigenvalue weighted by Gasteiger charge is -2.10. The first-order valence-corrected chi connectivity index (χ1v) is 9.82. The monoisotopic (exact) mass is 450 g/mol. The van der Waals surface area contributed by atoms with E-state index in [0.29, 0.717) is 38.1 Å². The van der Waals surface area contributed by atoms with Crippen LogP contribution in [0.15, 0.2) is 36.2 Å². The van der Waals surface area contributed by atoms with Crippen LogP contribution in [0.25, 0.3) is 21.7 Å². The smallest absolute Gasteiger partial charge is 0.406 e. The predicted molar refractivity (Wildman–Crippen MR) is 108 cm³/mol. The summed E-state index contributed by atoms with van der Waals surface area (Å²) in [6.07, 6.45) is 1.93. The van der Waals surface area contributed by atoms with Crippen molar-refractivity contribution in [1.29, 1.82) is 0 Å². The Morgan fingerprint density at radius 1 is 1.37 bits per heavy atom. The maximum absolute atomic E-state index is 12.8. The fourth-order valence-corrected chi connectivity index (χ4v) is 3.69. The van der Waals surface area contributed by atoms with Gasteiger partial charge in [-0.25, -0.2) is 34.0 Å². The Bertz CT molecular complexity index is 1230. The molecule has 12 heteroatoms. The second kappa shape index (κ2) is 8.28. The summed E-state index contributed by atoms with van der Waals surface area (Å²) < 4.78 is 32.3. The Balaban J connectivity index is 1.53. The Hall–Kier alpha value is -3.18. The zero-order valence-corrected chi connectivity index (χ0v) is 16.9. The van der Waals surface area contributed by atoms with E-state index in [1.165, 1.54) is 40.8 Å². The van der Waals surface area contributed by atoms with Crippen LogP contribution >= 0.6 is 22.9 Å². The molecule has 0 saturated heterocycles. The van der Waals surface area contributed by atoms with Gasteiger partial charge in [-0.15, -0.1) is 11.3 Å². The van der Waals surface area contributed by atoms with Crippen LogP contribution in [0.4, 0.5) is 13.6 Å².